The molecule has 5 heteroatoms. The summed E-state index contributed by atoms with van der Waals surface area (Å²) < 4.78 is 5.18. The van der Waals surface area contributed by atoms with E-state index in [0.717, 1.165) is 24.2 Å². The highest BCUT2D eigenvalue weighted by molar-refractivity contribution is 5.85. The van der Waals surface area contributed by atoms with Crippen LogP contribution in [0, 0.1) is 17.8 Å². The molecule has 134 valence electrons. The Morgan fingerprint density at radius 2 is 1.79 bits per heavy atom. The minimum atomic E-state index is 0. The minimum Gasteiger partial charge on any atom is -0.497 e. The van der Waals surface area contributed by atoms with Crippen LogP contribution in [-0.2, 0) is 11.3 Å². The number of nitrogens with two attached hydrogens (primary N) is 1. The summed E-state index contributed by atoms with van der Waals surface area (Å²) in [5.41, 5.74) is 7.47. The molecule has 0 aliphatic heterocycles. The topological polar surface area (TPSA) is 55.6 Å². The first-order valence-corrected chi connectivity index (χ1v) is 8.72. The van der Waals surface area contributed by atoms with Crippen LogP contribution in [-0.4, -0.2) is 31.0 Å². The van der Waals surface area contributed by atoms with Gasteiger partial charge in [0, 0.05) is 25.6 Å². The van der Waals surface area contributed by atoms with Gasteiger partial charge in [0.05, 0.1) is 7.11 Å². The average Bonchev–Trinajstić information content (AvgIpc) is 2.54. The first kappa shape index (κ1) is 19.1. The zero-order valence-corrected chi connectivity index (χ0v) is 15.4. The van der Waals surface area contributed by atoms with Crippen LogP contribution in [0.3, 0.4) is 0 Å². The van der Waals surface area contributed by atoms with Crippen LogP contribution < -0.4 is 10.5 Å². The van der Waals surface area contributed by atoms with Gasteiger partial charge in [-0.1, -0.05) is 18.6 Å². The van der Waals surface area contributed by atoms with Crippen molar-refractivity contribution < 1.29 is 9.53 Å². The lowest BCUT2D eigenvalue weighted by atomic mass is 9.65. The van der Waals surface area contributed by atoms with E-state index in [1.165, 1.54) is 19.3 Å². The predicted molar refractivity (Wildman–Crippen MR) is 98.2 cm³/mol. The molecule has 3 rings (SSSR count). The number of amides is 1. The third kappa shape index (κ3) is 4.04. The Balaban J connectivity index is 0.00000208. The Labute approximate surface area is 151 Å². The second kappa shape index (κ2) is 8.21. The Kier molecular flexibility index (Phi) is 6.53. The molecule has 0 saturated heterocycles. The van der Waals surface area contributed by atoms with Crippen LogP contribution in [0.4, 0.5) is 0 Å². The van der Waals surface area contributed by atoms with Crippen LogP contribution in [0.5, 0.6) is 5.75 Å². The number of methoxy groups -OCH3 is 1. The molecule has 2 fully saturated rings. The number of fused-ring (bicyclic) bond motifs is 2. The molecule has 24 heavy (non-hydrogen) atoms. The second-order valence-corrected chi connectivity index (χ2v) is 7.24. The summed E-state index contributed by atoms with van der Waals surface area (Å²) in [7, 11) is 3.58. The van der Waals surface area contributed by atoms with Gasteiger partial charge in [0.15, 0.2) is 0 Å². The molecule has 2 aliphatic rings. The van der Waals surface area contributed by atoms with Gasteiger partial charge >= 0.3 is 0 Å². The highest BCUT2D eigenvalue weighted by Gasteiger charge is 2.41. The summed E-state index contributed by atoms with van der Waals surface area (Å²) in [6.07, 6.45) is 5.63. The fraction of sp³-hybridized carbons (Fsp3) is 0.632. The van der Waals surface area contributed by atoms with Crippen molar-refractivity contribution in [1.29, 1.82) is 0 Å². The predicted octanol–water partition coefficient (Wildman–Crippen LogP) is 3.23. The van der Waals surface area contributed by atoms with Crippen LogP contribution >= 0.6 is 12.4 Å². The van der Waals surface area contributed by atoms with E-state index in [2.05, 4.69) is 0 Å². The summed E-state index contributed by atoms with van der Waals surface area (Å²) >= 11 is 0. The molecular weight excluding hydrogens is 324 g/mol. The van der Waals surface area contributed by atoms with Gasteiger partial charge in [-0.05, 0) is 55.2 Å². The maximum Gasteiger partial charge on any atom is 0.225 e. The zero-order chi connectivity index (χ0) is 16.4. The number of nitrogens with zero attached hydrogens (tertiary/aromatic N) is 1. The summed E-state index contributed by atoms with van der Waals surface area (Å²) in [5.74, 6) is 2.38. The molecular formula is C19H29ClN2O2. The standard InChI is InChI=1S/C19H28N2O2.ClH/c1-21(12-13-6-8-17(23-2)9-7-13)19(22)16-10-14-4-3-5-15(11-16)18(14)20;/h6-9,14-16,18H,3-5,10-12,20H2,1-2H3;1H. The van der Waals surface area contributed by atoms with Gasteiger partial charge in [0.2, 0.25) is 5.91 Å². The molecule has 2 N–H and O–H groups in total. The third-order valence-corrected chi connectivity index (χ3v) is 5.72. The smallest absolute Gasteiger partial charge is 0.225 e. The number of carbonyl (C=O) groups excluding carboxylic acids is 1. The van der Waals surface area contributed by atoms with Gasteiger partial charge in [0.25, 0.3) is 0 Å². The monoisotopic (exact) mass is 352 g/mol. The summed E-state index contributed by atoms with van der Waals surface area (Å²) in [4.78, 5) is 14.7. The van der Waals surface area contributed by atoms with Crippen molar-refractivity contribution in [3.8, 4) is 5.75 Å². The molecule has 2 saturated carbocycles. The van der Waals surface area contributed by atoms with Crippen LogP contribution in [0.2, 0.25) is 0 Å². The van der Waals surface area contributed by atoms with E-state index >= 15 is 0 Å². The van der Waals surface area contributed by atoms with E-state index < -0.39 is 0 Å². The molecule has 2 atom stereocenters. The SMILES string of the molecule is COc1ccc(CN(C)C(=O)C2CC3CCCC(C2)C3N)cc1.Cl. The zero-order valence-electron chi connectivity index (χ0n) is 14.6. The lowest BCUT2D eigenvalue weighted by Gasteiger charge is -2.44. The molecule has 1 aromatic carbocycles. The van der Waals surface area contributed by atoms with E-state index in [-0.39, 0.29) is 24.2 Å². The largest absolute Gasteiger partial charge is 0.497 e. The normalized spacial score (nSPS) is 28.6. The van der Waals surface area contributed by atoms with Crippen LogP contribution in [0.25, 0.3) is 0 Å². The number of rotatable bonds is 4. The van der Waals surface area contributed by atoms with Crippen molar-refractivity contribution in [3.63, 3.8) is 0 Å². The molecule has 0 heterocycles. The van der Waals surface area contributed by atoms with Gasteiger partial charge in [-0.15, -0.1) is 12.4 Å². The maximum absolute atomic E-state index is 12.8. The molecule has 0 radical (unpaired) electrons. The molecule has 1 amide bonds. The molecule has 0 aromatic heterocycles. The van der Waals surface area contributed by atoms with E-state index in [0.29, 0.717) is 24.4 Å². The van der Waals surface area contributed by atoms with Gasteiger partial charge in [0.1, 0.15) is 5.75 Å². The Morgan fingerprint density at radius 3 is 2.33 bits per heavy atom. The number of hydrogen-bond donors (Lipinski definition) is 1. The second-order valence-electron chi connectivity index (χ2n) is 7.24. The van der Waals surface area contributed by atoms with E-state index in [9.17, 15) is 4.79 Å². The molecule has 2 unspecified atom stereocenters. The average molecular weight is 353 g/mol. The number of ether oxygens (including phenoxy) is 1. The highest BCUT2D eigenvalue weighted by atomic mass is 35.5. The van der Waals surface area contributed by atoms with Crippen molar-refractivity contribution in [2.75, 3.05) is 14.2 Å². The highest BCUT2D eigenvalue weighted by Crippen LogP contribution is 2.42. The summed E-state index contributed by atoms with van der Waals surface area (Å²) in [6, 6.07) is 8.25. The lowest BCUT2D eigenvalue weighted by Crippen LogP contribution is -2.49. The van der Waals surface area contributed by atoms with Crippen molar-refractivity contribution in [2.45, 2.75) is 44.7 Å². The van der Waals surface area contributed by atoms with Crippen molar-refractivity contribution >= 4 is 18.3 Å². The maximum atomic E-state index is 12.8. The van der Waals surface area contributed by atoms with Gasteiger partial charge in [-0.25, -0.2) is 0 Å². The molecule has 2 aliphatic carbocycles. The van der Waals surface area contributed by atoms with E-state index in [1.54, 1.807) is 7.11 Å². The van der Waals surface area contributed by atoms with Crippen LogP contribution in [0.15, 0.2) is 24.3 Å². The van der Waals surface area contributed by atoms with E-state index in [4.69, 9.17) is 10.5 Å². The molecule has 2 bridgehead atoms. The fourth-order valence-corrected chi connectivity index (χ4v) is 4.39. The molecule has 4 nitrogen and oxygen atoms in total. The first-order valence-electron chi connectivity index (χ1n) is 8.72. The van der Waals surface area contributed by atoms with E-state index in [1.807, 2.05) is 36.2 Å². The number of carbonyl (C=O) groups is 1. The van der Waals surface area contributed by atoms with Crippen molar-refractivity contribution in [1.82, 2.24) is 4.90 Å². The lowest BCUT2D eigenvalue weighted by molar-refractivity contribution is -0.137. The summed E-state index contributed by atoms with van der Waals surface area (Å²) in [5, 5.41) is 0. The Hall–Kier alpha value is -1.26. The minimum absolute atomic E-state index is 0. The van der Waals surface area contributed by atoms with Crippen molar-refractivity contribution in [3.05, 3.63) is 29.8 Å². The van der Waals surface area contributed by atoms with Crippen LogP contribution in [0.1, 0.15) is 37.7 Å². The van der Waals surface area contributed by atoms with Gasteiger partial charge in [-0.2, -0.15) is 0 Å². The van der Waals surface area contributed by atoms with Crippen molar-refractivity contribution in [2.24, 2.45) is 23.5 Å². The number of benzene rings is 1. The summed E-state index contributed by atoms with van der Waals surface area (Å²) in [6.45, 7) is 0.653. The number of hydrogen-bond acceptors (Lipinski definition) is 3. The Bertz CT molecular complexity index is 535. The fourth-order valence-electron chi connectivity index (χ4n) is 4.39. The quantitative estimate of drug-likeness (QED) is 0.905. The third-order valence-electron chi connectivity index (χ3n) is 5.72. The van der Waals surface area contributed by atoms with Gasteiger partial charge < -0.3 is 15.4 Å². The number of halogens is 1. The van der Waals surface area contributed by atoms with Gasteiger partial charge in [-0.3, -0.25) is 4.79 Å². The molecule has 1 aromatic rings. The first-order chi connectivity index (χ1) is 11.1. The Morgan fingerprint density at radius 1 is 1.21 bits per heavy atom. The molecule has 0 spiro atoms.